The lowest BCUT2D eigenvalue weighted by Gasteiger charge is -2.14. The molecular formula is C14H21BrN2O. The number of hydrogen-bond donors (Lipinski definition) is 2. The van der Waals surface area contributed by atoms with Crippen LogP contribution in [-0.2, 0) is 11.2 Å². The number of nitrogens with one attached hydrogen (secondary N) is 2. The normalized spacial score (nSPS) is 12.2. The molecule has 0 fully saturated rings. The maximum Gasteiger partial charge on any atom is 0.224 e. The third kappa shape index (κ3) is 5.19. The van der Waals surface area contributed by atoms with Crippen molar-refractivity contribution in [2.24, 2.45) is 5.92 Å². The minimum Gasteiger partial charge on any atom is -0.355 e. The van der Waals surface area contributed by atoms with E-state index in [-0.39, 0.29) is 11.8 Å². The van der Waals surface area contributed by atoms with Gasteiger partial charge in [-0.1, -0.05) is 35.0 Å². The van der Waals surface area contributed by atoms with Crippen molar-refractivity contribution in [2.45, 2.75) is 19.8 Å². The summed E-state index contributed by atoms with van der Waals surface area (Å²) >= 11 is 3.41. The van der Waals surface area contributed by atoms with Gasteiger partial charge in [0.25, 0.3) is 0 Å². The molecule has 1 rings (SSSR count). The SMILES string of the molecule is CCC(CNC)C(=O)NCCc1ccc(Br)cc1. The molecule has 0 aliphatic heterocycles. The third-order valence-corrected chi connectivity index (χ3v) is 3.47. The van der Waals surface area contributed by atoms with Crippen LogP contribution < -0.4 is 10.6 Å². The first-order chi connectivity index (χ1) is 8.67. The van der Waals surface area contributed by atoms with Gasteiger partial charge in [0, 0.05) is 17.6 Å². The van der Waals surface area contributed by atoms with Gasteiger partial charge in [-0.25, -0.2) is 0 Å². The van der Waals surface area contributed by atoms with E-state index in [1.165, 1.54) is 5.56 Å². The fourth-order valence-corrected chi connectivity index (χ4v) is 2.06. The minimum absolute atomic E-state index is 0.0694. The Kier molecular flexibility index (Phi) is 6.98. The predicted molar refractivity (Wildman–Crippen MR) is 78.6 cm³/mol. The summed E-state index contributed by atoms with van der Waals surface area (Å²) in [6.45, 7) is 3.47. The second kappa shape index (κ2) is 8.27. The Bertz CT molecular complexity index is 365. The van der Waals surface area contributed by atoms with Crippen molar-refractivity contribution < 1.29 is 4.79 Å². The molecule has 0 aliphatic rings. The third-order valence-electron chi connectivity index (χ3n) is 2.94. The van der Waals surface area contributed by atoms with Crippen LogP contribution in [0, 0.1) is 5.92 Å². The Hall–Kier alpha value is -0.870. The van der Waals surface area contributed by atoms with Gasteiger partial charge in [-0.2, -0.15) is 0 Å². The van der Waals surface area contributed by atoms with Gasteiger partial charge in [-0.15, -0.1) is 0 Å². The fourth-order valence-electron chi connectivity index (χ4n) is 1.79. The number of rotatable bonds is 7. The first-order valence-electron chi connectivity index (χ1n) is 6.34. The van der Waals surface area contributed by atoms with E-state index in [4.69, 9.17) is 0 Å². The summed E-state index contributed by atoms with van der Waals surface area (Å²) in [7, 11) is 1.87. The molecule has 2 N–H and O–H groups in total. The molecule has 1 aromatic carbocycles. The smallest absolute Gasteiger partial charge is 0.224 e. The van der Waals surface area contributed by atoms with Crippen molar-refractivity contribution in [3.05, 3.63) is 34.3 Å². The van der Waals surface area contributed by atoms with E-state index in [1.54, 1.807) is 0 Å². The van der Waals surface area contributed by atoms with Crippen molar-refractivity contribution in [2.75, 3.05) is 20.1 Å². The quantitative estimate of drug-likeness (QED) is 0.811. The van der Waals surface area contributed by atoms with Crippen LogP contribution in [0.3, 0.4) is 0 Å². The molecule has 0 aromatic heterocycles. The number of carbonyl (C=O) groups excluding carboxylic acids is 1. The molecule has 4 heteroatoms. The maximum absolute atomic E-state index is 11.8. The summed E-state index contributed by atoms with van der Waals surface area (Å²) in [5.74, 6) is 0.212. The Balaban J connectivity index is 2.32. The lowest BCUT2D eigenvalue weighted by atomic mass is 10.1. The van der Waals surface area contributed by atoms with Gasteiger partial charge >= 0.3 is 0 Å². The zero-order valence-corrected chi connectivity index (χ0v) is 12.6. The van der Waals surface area contributed by atoms with Crippen molar-refractivity contribution in [1.82, 2.24) is 10.6 Å². The highest BCUT2D eigenvalue weighted by molar-refractivity contribution is 9.10. The molecule has 0 saturated carbocycles. The molecule has 0 saturated heterocycles. The Labute approximate surface area is 117 Å². The first kappa shape index (κ1) is 15.2. The largest absolute Gasteiger partial charge is 0.355 e. The first-order valence-corrected chi connectivity index (χ1v) is 7.13. The van der Waals surface area contributed by atoms with E-state index in [9.17, 15) is 4.79 Å². The van der Waals surface area contributed by atoms with Crippen LogP contribution in [0.15, 0.2) is 28.7 Å². The molecule has 1 atom stereocenters. The van der Waals surface area contributed by atoms with E-state index < -0.39 is 0 Å². The topological polar surface area (TPSA) is 41.1 Å². The van der Waals surface area contributed by atoms with Crippen LogP contribution in [0.2, 0.25) is 0 Å². The molecule has 0 radical (unpaired) electrons. The Morgan fingerprint density at radius 3 is 2.56 bits per heavy atom. The molecule has 3 nitrogen and oxygen atoms in total. The highest BCUT2D eigenvalue weighted by Gasteiger charge is 2.14. The maximum atomic E-state index is 11.8. The van der Waals surface area contributed by atoms with Gasteiger partial charge in [0.1, 0.15) is 0 Å². The predicted octanol–water partition coefficient (Wildman–Crippen LogP) is 2.35. The monoisotopic (exact) mass is 312 g/mol. The number of hydrogen-bond acceptors (Lipinski definition) is 2. The summed E-state index contributed by atoms with van der Waals surface area (Å²) in [5, 5.41) is 6.04. The molecule has 100 valence electrons. The highest BCUT2D eigenvalue weighted by atomic mass is 79.9. The molecular weight excluding hydrogens is 292 g/mol. The van der Waals surface area contributed by atoms with E-state index in [2.05, 4.69) is 38.7 Å². The molecule has 0 heterocycles. The van der Waals surface area contributed by atoms with Gasteiger partial charge in [0.05, 0.1) is 5.92 Å². The molecule has 0 bridgehead atoms. The molecule has 0 spiro atoms. The van der Waals surface area contributed by atoms with Gasteiger partial charge in [0.15, 0.2) is 0 Å². The summed E-state index contributed by atoms with van der Waals surface area (Å²) < 4.78 is 1.08. The van der Waals surface area contributed by atoms with Crippen LogP contribution in [0.4, 0.5) is 0 Å². The molecule has 1 unspecified atom stereocenters. The average Bonchev–Trinajstić information content (AvgIpc) is 2.38. The van der Waals surface area contributed by atoms with E-state index in [0.717, 1.165) is 23.9 Å². The molecule has 18 heavy (non-hydrogen) atoms. The average molecular weight is 313 g/mol. The van der Waals surface area contributed by atoms with Crippen molar-refractivity contribution in [3.63, 3.8) is 0 Å². The Morgan fingerprint density at radius 2 is 2.00 bits per heavy atom. The summed E-state index contributed by atoms with van der Waals surface area (Å²) in [6, 6.07) is 8.18. The van der Waals surface area contributed by atoms with Gasteiger partial charge < -0.3 is 10.6 Å². The minimum atomic E-state index is 0.0694. The molecule has 0 aliphatic carbocycles. The van der Waals surface area contributed by atoms with Crippen molar-refractivity contribution >= 4 is 21.8 Å². The number of amides is 1. The van der Waals surface area contributed by atoms with Gasteiger partial charge in [-0.05, 0) is 37.6 Å². The van der Waals surface area contributed by atoms with Crippen LogP contribution in [-0.4, -0.2) is 26.0 Å². The number of benzene rings is 1. The standard InChI is InChI=1S/C14H21BrN2O/c1-3-12(10-16-2)14(18)17-9-8-11-4-6-13(15)7-5-11/h4-7,12,16H,3,8-10H2,1-2H3,(H,17,18). The van der Waals surface area contributed by atoms with Crippen LogP contribution in [0.5, 0.6) is 0 Å². The highest BCUT2D eigenvalue weighted by Crippen LogP contribution is 2.10. The second-order valence-corrected chi connectivity index (χ2v) is 5.25. The summed E-state index contributed by atoms with van der Waals surface area (Å²) in [5.41, 5.74) is 1.24. The van der Waals surface area contributed by atoms with E-state index >= 15 is 0 Å². The zero-order chi connectivity index (χ0) is 13.4. The number of carbonyl (C=O) groups is 1. The lowest BCUT2D eigenvalue weighted by Crippen LogP contribution is -2.36. The fraction of sp³-hybridized carbons (Fsp3) is 0.500. The summed E-state index contributed by atoms with van der Waals surface area (Å²) in [4.78, 5) is 11.8. The summed E-state index contributed by atoms with van der Waals surface area (Å²) in [6.07, 6.45) is 1.74. The van der Waals surface area contributed by atoms with Gasteiger partial charge in [-0.3, -0.25) is 4.79 Å². The van der Waals surface area contributed by atoms with E-state index in [1.807, 2.05) is 26.1 Å². The second-order valence-electron chi connectivity index (χ2n) is 4.33. The molecule has 1 amide bonds. The number of halogens is 1. The van der Waals surface area contributed by atoms with E-state index in [0.29, 0.717) is 6.54 Å². The van der Waals surface area contributed by atoms with Crippen LogP contribution in [0.25, 0.3) is 0 Å². The van der Waals surface area contributed by atoms with Crippen molar-refractivity contribution in [3.8, 4) is 0 Å². The zero-order valence-electron chi connectivity index (χ0n) is 11.0. The van der Waals surface area contributed by atoms with Crippen molar-refractivity contribution in [1.29, 1.82) is 0 Å². The van der Waals surface area contributed by atoms with Gasteiger partial charge in [0.2, 0.25) is 5.91 Å². The molecule has 1 aromatic rings. The van der Waals surface area contributed by atoms with Crippen LogP contribution in [0.1, 0.15) is 18.9 Å². The Morgan fingerprint density at radius 1 is 1.33 bits per heavy atom. The van der Waals surface area contributed by atoms with Crippen LogP contribution >= 0.6 is 15.9 Å². The lowest BCUT2D eigenvalue weighted by molar-refractivity contribution is -0.124.